The summed E-state index contributed by atoms with van der Waals surface area (Å²) in [6.45, 7) is 5.84. The molecule has 0 amide bonds. The van der Waals surface area contributed by atoms with Crippen LogP contribution in [0.3, 0.4) is 0 Å². The average molecular weight is 507 g/mol. The van der Waals surface area contributed by atoms with Gasteiger partial charge in [-0.3, -0.25) is 14.3 Å². The van der Waals surface area contributed by atoms with Gasteiger partial charge in [-0.1, -0.05) is 13.8 Å². The molecule has 0 saturated carbocycles. The first kappa shape index (κ1) is 24.1. The summed E-state index contributed by atoms with van der Waals surface area (Å²) in [5, 5.41) is 2.84. The first-order valence-corrected chi connectivity index (χ1v) is 14.1. The lowest BCUT2D eigenvalue weighted by molar-refractivity contribution is -0.129. The van der Waals surface area contributed by atoms with Crippen molar-refractivity contribution in [2.45, 2.75) is 44.0 Å². The Morgan fingerprint density at radius 2 is 1.94 bits per heavy atom. The van der Waals surface area contributed by atoms with Crippen molar-refractivity contribution in [3.05, 3.63) is 42.2 Å². The van der Waals surface area contributed by atoms with E-state index >= 15 is 0 Å². The van der Waals surface area contributed by atoms with Crippen LogP contribution in [0, 0.1) is 11.8 Å². The van der Waals surface area contributed by atoms with E-state index < -0.39 is 43.1 Å². The molecule has 2 aliphatic heterocycles. The molecule has 34 heavy (non-hydrogen) atoms. The highest BCUT2D eigenvalue weighted by atomic mass is 32.2. The smallest absolute Gasteiger partial charge is 0.286 e. The predicted molar refractivity (Wildman–Crippen MR) is 128 cm³/mol. The number of fused-ring (bicyclic) bond motifs is 2. The van der Waals surface area contributed by atoms with Crippen LogP contribution in [-0.2, 0) is 30.4 Å². The maximum Gasteiger partial charge on any atom is 0.286 e. The highest BCUT2D eigenvalue weighted by molar-refractivity contribution is 7.92. The van der Waals surface area contributed by atoms with Crippen molar-refractivity contribution in [1.82, 2.24) is 4.57 Å². The molecule has 3 heterocycles. The van der Waals surface area contributed by atoms with Crippen molar-refractivity contribution in [2.24, 2.45) is 16.2 Å². The monoisotopic (exact) mass is 506 g/mol. The fourth-order valence-electron chi connectivity index (χ4n) is 4.35. The molecule has 4 rings (SSSR count). The molecule has 1 aromatic carbocycles. The van der Waals surface area contributed by atoms with Gasteiger partial charge in [-0.15, -0.1) is 4.40 Å². The molecule has 2 aromatic rings. The van der Waals surface area contributed by atoms with E-state index in [1.165, 1.54) is 12.1 Å². The lowest BCUT2D eigenvalue weighted by Gasteiger charge is -2.39. The molecular weight excluding hydrogens is 480 g/mol. The summed E-state index contributed by atoms with van der Waals surface area (Å²) in [7, 11) is -7.94. The third-order valence-corrected chi connectivity index (χ3v) is 8.05. The number of aromatic nitrogens is 1. The van der Waals surface area contributed by atoms with Crippen LogP contribution >= 0.6 is 0 Å². The average Bonchev–Trinajstić information content (AvgIpc) is 3.21. The van der Waals surface area contributed by atoms with Gasteiger partial charge in [-0.25, -0.2) is 8.42 Å². The summed E-state index contributed by atoms with van der Waals surface area (Å²) < 4.78 is 56.7. The van der Waals surface area contributed by atoms with Crippen LogP contribution in [0.25, 0.3) is 0 Å². The number of ketones is 2. The number of rotatable bonds is 6. The number of sulfonamides is 2. The van der Waals surface area contributed by atoms with Crippen molar-refractivity contribution in [2.75, 3.05) is 16.3 Å². The molecule has 0 fully saturated rings. The number of anilines is 2. The minimum absolute atomic E-state index is 0.0502. The molecule has 0 bridgehead atoms. The van der Waals surface area contributed by atoms with Crippen LogP contribution in [0.1, 0.15) is 44.1 Å². The van der Waals surface area contributed by atoms with Gasteiger partial charge in [0.1, 0.15) is 22.2 Å². The van der Waals surface area contributed by atoms with Gasteiger partial charge in [0.05, 0.1) is 17.6 Å². The summed E-state index contributed by atoms with van der Waals surface area (Å²) in [4.78, 5) is 26.8. The third-order valence-electron chi connectivity index (χ3n) is 6.11. The number of nitrogens with one attached hydrogen (secondary N) is 2. The van der Waals surface area contributed by atoms with E-state index in [0.29, 0.717) is 18.0 Å². The molecule has 1 aromatic heterocycles. The van der Waals surface area contributed by atoms with Crippen LogP contribution in [0.4, 0.5) is 11.4 Å². The van der Waals surface area contributed by atoms with Gasteiger partial charge in [0.25, 0.3) is 10.0 Å². The van der Waals surface area contributed by atoms with E-state index in [-0.39, 0.29) is 22.1 Å². The van der Waals surface area contributed by atoms with Crippen LogP contribution in [0.15, 0.2) is 45.8 Å². The van der Waals surface area contributed by atoms with E-state index in [2.05, 4.69) is 14.4 Å². The zero-order chi connectivity index (χ0) is 25.1. The van der Waals surface area contributed by atoms with E-state index in [0.717, 1.165) is 18.7 Å². The van der Waals surface area contributed by atoms with Gasteiger partial charge in [-0.2, -0.15) is 8.42 Å². The lowest BCUT2D eigenvalue weighted by atomic mass is 9.76. The Kier molecular flexibility index (Phi) is 5.72. The Morgan fingerprint density at radius 3 is 2.59 bits per heavy atom. The molecular formula is C22H26N4O6S2. The third kappa shape index (κ3) is 4.16. The molecule has 0 spiro atoms. The summed E-state index contributed by atoms with van der Waals surface area (Å²) in [6, 6.07) is 7.20. The summed E-state index contributed by atoms with van der Waals surface area (Å²) in [6.07, 6.45) is 3.85. The number of Topliss-reactive ketones (excluding diaryl/α,β-unsaturated/α-hetero) is 2. The zero-order valence-electron chi connectivity index (χ0n) is 19.2. The van der Waals surface area contributed by atoms with Gasteiger partial charge in [0, 0.05) is 11.9 Å². The van der Waals surface area contributed by atoms with Crippen LogP contribution < -0.4 is 10.0 Å². The Labute approximate surface area is 198 Å². The molecule has 2 N–H and O–H groups in total. The highest BCUT2D eigenvalue weighted by Crippen LogP contribution is 2.39. The van der Waals surface area contributed by atoms with Crippen molar-refractivity contribution >= 4 is 48.8 Å². The SMILES string of the molecule is CC(C)CCC1(C)C(=O)C(C2=NS(=O)(=O)c3cc(NS(C)(=O)=O)ccc3N2)C(=O)c2cccn21. The molecule has 2 atom stereocenters. The number of hydrogen-bond donors (Lipinski definition) is 2. The lowest BCUT2D eigenvalue weighted by Crippen LogP contribution is -2.54. The number of hydrogen-bond acceptors (Lipinski definition) is 7. The maximum atomic E-state index is 13.7. The van der Waals surface area contributed by atoms with Crippen molar-refractivity contribution in [3.63, 3.8) is 0 Å². The second kappa shape index (κ2) is 8.05. The van der Waals surface area contributed by atoms with E-state index in [9.17, 15) is 26.4 Å². The Hall–Kier alpha value is -2.99. The van der Waals surface area contributed by atoms with Crippen molar-refractivity contribution < 1.29 is 26.4 Å². The minimum atomic E-state index is -4.31. The van der Waals surface area contributed by atoms with Gasteiger partial charge < -0.3 is 9.88 Å². The summed E-state index contributed by atoms with van der Waals surface area (Å²) in [5.74, 6) is -2.29. The quantitative estimate of drug-likeness (QED) is 0.573. The number of carbonyl (C=O) groups is 2. The number of nitrogens with zero attached hydrogens (tertiary/aromatic N) is 2. The molecule has 0 aliphatic carbocycles. The zero-order valence-corrected chi connectivity index (χ0v) is 20.8. The topological polar surface area (TPSA) is 144 Å². The van der Waals surface area contributed by atoms with Crippen LogP contribution in [0.2, 0.25) is 0 Å². The molecule has 0 saturated heterocycles. The molecule has 2 aliphatic rings. The second-order valence-corrected chi connectivity index (χ2v) is 12.6. The van der Waals surface area contributed by atoms with E-state index in [4.69, 9.17) is 0 Å². The minimum Gasteiger partial charge on any atom is -0.341 e. The first-order chi connectivity index (χ1) is 15.7. The second-order valence-electron chi connectivity index (χ2n) is 9.29. The number of carbonyl (C=O) groups excluding carboxylic acids is 2. The Balaban J connectivity index is 1.77. The predicted octanol–water partition coefficient (Wildman–Crippen LogP) is 2.61. The van der Waals surface area contributed by atoms with Crippen molar-refractivity contribution in [3.8, 4) is 0 Å². The maximum absolute atomic E-state index is 13.7. The van der Waals surface area contributed by atoms with Crippen LogP contribution in [-0.4, -0.2) is 45.1 Å². The van der Waals surface area contributed by atoms with Gasteiger partial charge in [0.15, 0.2) is 11.6 Å². The van der Waals surface area contributed by atoms with Gasteiger partial charge in [-0.05, 0) is 56.0 Å². The molecule has 182 valence electrons. The number of amidine groups is 1. The molecule has 10 nitrogen and oxygen atoms in total. The summed E-state index contributed by atoms with van der Waals surface area (Å²) in [5.41, 5.74) is -0.570. The summed E-state index contributed by atoms with van der Waals surface area (Å²) >= 11 is 0. The van der Waals surface area contributed by atoms with E-state index in [1.54, 1.807) is 29.8 Å². The van der Waals surface area contributed by atoms with Crippen molar-refractivity contribution in [1.29, 1.82) is 0 Å². The van der Waals surface area contributed by atoms with Crippen LogP contribution in [0.5, 0.6) is 0 Å². The van der Waals surface area contributed by atoms with Gasteiger partial charge in [0.2, 0.25) is 10.0 Å². The first-order valence-electron chi connectivity index (χ1n) is 10.7. The van der Waals surface area contributed by atoms with E-state index in [1.807, 2.05) is 13.8 Å². The molecule has 12 heteroatoms. The van der Waals surface area contributed by atoms with Gasteiger partial charge >= 0.3 is 0 Å². The number of benzene rings is 1. The Bertz CT molecular complexity index is 1440. The fourth-order valence-corrected chi connectivity index (χ4v) is 6.09. The fraction of sp³-hybridized carbons (Fsp3) is 0.409. The normalized spacial score (nSPS) is 23.7. The Morgan fingerprint density at radius 1 is 1.24 bits per heavy atom. The molecule has 0 radical (unpaired) electrons. The largest absolute Gasteiger partial charge is 0.341 e. The molecule has 2 unspecified atom stereocenters. The standard InChI is InChI=1S/C22H26N4O6S2/c1-13(2)9-10-22(3)20(28)18(19(27)16-6-5-11-26(16)22)21-23-15-8-7-14(24-33(4,29)30)12-17(15)34(31,32)25-21/h5-8,11-13,18,24H,9-10H2,1-4H3,(H,23,25). The highest BCUT2D eigenvalue weighted by Gasteiger charge is 2.51.